The van der Waals surface area contributed by atoms with Crippen LogP contribution in [0, 0.1) is 11.7 Å². The van der Waals surface area contributed by atoms with Crippen LogP contribution in [0.5, 0.6) is 0 Å². The fourth-order valence-electron chi connectivity index (χ4n) is 3.01. The molecule has 0 unspecified atom stereocenters. The van der Waals surface area contributed by atoms with Crippen LogP contribution in [0.3, 0.4) is 0 Å². The van der Waals surface area contributed by atoms with Crippen molar-refractivity contribution in [3.8, 4) is 0 Å². The number of aromatic nitrogens is 2. The first kappa shape index (κ1) is 13.1. The number of nitrogens with zero attached hydrogens (tertiary/aromatic N) is 1. The van der Waals surface area contributed by atoms with Crippen LogP contribution < -0.4 is 0 Å². The molecule has 1 aliphatic carbocycles. The van der Waals surface area contributed by atoms with Crippen molar-refractivity contribution in [3.05, 3.63) is 29.3 Å². The molecule has 2 N–H and O–H groups in total. The molecular formula is C15H17FN2O2. The monoisotopic (exact) mass is 276 g/mol. The summed E-state index contributed by atoms with van der Waals surface area (Å²) in [6, 6.07) is 2.51. The van der Waals surface area contributed by atoms with Gasteiger partial charge < -0.3 is 10.1 Å². The molecule has 3 rings (SSSR count). The number of hydrogen-bond donors (Lipinski definition) is 2. The minimum atomic E-state index is -1.26. The van der Waals surface area contributed by atoms with Crippen LogP contribution >= 0.6 is 0 Å². The molecule has 0 saturated heterocycles. The van der Waals surface area contributed by atoms with E-state index in [1.165, 1.54) is 37.8 Å². The zero-order valence-corrected chi connectivity index (χ0v) is 11.2. The lowest BCUT2D eigenvalue weighted by atomic mass is 10.0. The molecule has 0 bridgehead atoms. The number of carbonyl (C=O) groups is 1. The van der Waals surface area contributed by atoms with E-state index in [0.717, 1.165) is 24.6 Å². The Labute approximate surface area is 116 Å². The van der Waals surface area contributed by atoms with E-state index in [4.69, 9.17) is 5.11 Å². The second-order valence-corrected chi connectivity index (χ2v) is 5.53. The number of benzene rings is 1. The van der Waals surface area contributed by atoms with Gasteiger partial charge in [-0.05, 0) is 18.4 Å². The normalized spacial score (nSPS) is 16.1. The van der Waals surface area contributed by atoms with Gasteiger partial charge in [0.2, 0.25) is 0 Å². The third kappa shape index (κ3) is 2.53. The van der Waals surface area contributed by atoms with Crippen LogP contribution in [-0.4, -0.2) is 21.0 Å². The molecule has 1 aliphatic rings. The number of halogens is 1. The average molecular weight is 276 g/mol. The van der Waals surface area contributed by atoms with E-state index in [-0.39, 0.29) is 5.56 Å². The van der Waals surface area contributed by atoms with Crippen molar-refractivity contribution < 1.29 is 14.3 Å². The first-order valence-electron chi connectivity index (χ1n) is 7.05. The van der Waals surface area contributed by atoms with Crippen molar-refractivity contribution in [2.45, 2.75) is 38.5 Å². The highest BCUT2D eigenvalue weighted by molar-refractivity contribution is 5.92. The molecule has 4 nitrogen and oxygen atoms in total. The molecule has 1 saturated carbocycles. The van der Waals surface area contributed by atoms with Crippen molar-refractivity contribution in [1.29, 1.82) is 0 Å². The van der Waals surface area contributed by atoms with Crippen molar-refractivity contribution >= 4 is 17.0 Å². The quantitative estimate of drug-likeness (QED) is 0.897. The van der Waals surface area contributed by atoms with Gasteiger partial charge in [-0.2, -0.15) is 0 Å². The number of carboxylic acid groups (broad SMARTS) is 1. The molecule has 1 fully saturated rings. The fraction of sp³-hybridized carbons (Fsp3) is 0.467. The van der Waals surface area contributed by atoms with E-state index >= 15 is 0 Å². The van der Waals surface area contributed by atoms with E-state index < -0.39 is 11.8 Å². The Morgan fingerprint density at radius 1 is 1.40 bits per heavy atom. The van der Waals surface area contributed by atoms with Crippen molar-refractivity contribution in [2.75, 3.05) is 0 Å². The minimum absolute atomic E-state index is 0.327. The molecule has 5 heteroatoms. The number of H-pyrrole nitrogens is 1. The number of aromatic carboxylic acids is 1. The Morgan fingerprint density at radius 2 is 2.15 bits per heavy atom. The average Bonchev–Trinajstić information content (AvgIpc) is 3.03. The zero-order valence-electron chi connectivity index (χ0n) is 11.2. The molecule has 20 heavy (non-hydrogen) atoms. The molecule has 1 heterocycles. The first-order chi connectivity index (χ1) is 9.63. The Balaban J connectivity index is 1.81. The van der Waals surface area contributed by atoms with Crippen LogP contribution in [0.25, 0.3) is 11.0 Å². The maximum atomic E-state index is 13.6. The standard InChI is InChI=1S/C15H17FN2O2/c16-11-8-13-12(7-10(11)15(19)20)17-14(18-13)6-5-9-3-1-2-4-9/h7-9H,1-6H2,(H,17,18)(H,19,20). The molecule has 1 aromatic carbocycles. The second-order valence-electron chi connectivity index (χ2n) is 5.53. The van der Waals surface area contributed by atoms with E-state index in [0.29, 0.717) is 11.0 Å². The van der Waals surface area contributed by atoms with Crippen LogP contribution in [0.15, 0.2) is 12.1 Å². The Kier molecular flexibility index (Phi) is 3.42. The van der Waals surface area contributed by atoms with E-state index in [1.54, 1.807) is 0 Å². The highest BCUT2D eigenvalue weighted by atomic mass is 19.1. The molecule has 2 aromatic rings. The Hall–Kier alpha value is -1.91. The van der Waals surface area contributed by atoms with E-state index in [1.807, 2.05) is 0 Å². The van der Waals surface area contributed by atoms with Gasteiger partial charge in [-0.15, -0.1) is 0 Å². The molecule has 106 valence electrons. The Morgan fingerprint density at radius 3 is 2.85 bits per heavy atom. The summed E-state index contributed by atoms with van der Waals surface area (Å²) in [6.45, 7) is 0. The van der Waals surface area contributed by atoms with Crippen molar-refractivity contribution in [3.63, 3.8) is 0 Å². The van der Waals surface area contributed by atoms with Crippen LogP contribution in [0.2, 0.25) is 0 Å². The molecule has 0 radical (unpaired) electrons. The number of aromatic amines is 1. The summed E-state index contributed by atoms with van der Waals surface area (Å²) in [4.78, 5) is 18.3. The summed E-state index contributed by atoms with van der Waals surface area (Å²) < 4.78 is 13.6. The molecular weight excluding hydrogens is 259 g/mol. The van der Waals surface area contributed by atoms with Gasteiger partial charge in [0, 0.05) is 12.5 Å². The van der Waals surface area contributed by atoms with Gasteiger partial charge in [0.05, 0.1) is 16.6 Å². The van der Waals surface area contributed by atoms with Gasteiger partial charge in [0.1, 0.15) is 11.6 Å². The maximum absolute atomic E-state index is 13.6. The van der Waals surface area contributed by atoms with Gasteiger partial charge in [0.15, 0.2) is 0 Å². The summed E-state index contributed by atoms with van der Waals surface area (Å²) in [5, 5.41) is 8.90. The number of imidazole rings is 1. The predicted molar refractivity (Wildman–Crippen MR) is 73.3 cm³/mol. The van der Waals surface area contributed by atoms with Crippen LogP contribution in [0.4, 0.5) is 4.39 Å². The molecule has 0 aliphatic heterocycles. The summed E-state index contributed by atoms with van der Waals surface area (Å²) in [5.41, 5.74) is 0.755. The highest BCUT2D eigenvalue weighted by Gasteiger charge is 2.17. The molecule has 0 spiro atoms. The van der Waals surface area contributed by atoms with Gasteiger partial charge in [-0.3, -0.25) is 0 Å². The number of fused-ring (bicyclic) bond motifs is 1. The van der Waals surface area contributed by atoms with Crippen LogP contribution in [-0.2, 0) is 6.42 Å². The maximum Gasteiger partial charge on any atom is 0.338 e. The highest BCUT2D eigenvalue weighted by Crippen LogP contribution is 2.28. The predicted octanol–water partition coefficient (Wildman–Crippen LogP) is 3.52. The van der Waals surface area contributed by atoms with Gasteiger partial charge in [0.25, 0.3) is 0 Å². The number of rotatable bonds is 4. The smallest absolute Gasteiger partial charge is 0.338 e. The molecule has 0 atom stereocenters. The summed E-state index contributed by atoms with van der Waals surface area (Å²) >= 11 is 0. The molecule has 1 aromatic heterocycles. The van der Waals surface area contributed by atoms with Crippen LogP contribution in [0.1, 0.15) is 48.3 Å². The van der Waals surface area contributed by atoms with Crippen molar-refractivity contribution in [2.24, 2.45) is 5.92 Å². The zero-order chi connectivity index (χ0) is 14.1. The third-order valence-electron chi connectivity index (χ3n) is 4.11. The minimum Gasteiger partial charge on any atom is -0.478 e. The lowest BCUT2D eigenvalue weighted by molar-refractivity contribution is 0.0692. The lowest BCUT2D eigenvalue weighted by Crippen LogP contribution is -1.99. The summed E-state index contributed by atoms with van der Waals surface area (Å²) in [6.07, 6.45) is 7.14. The van der Waals surface area contributed by atoms with Crippen molar-refractivity contribution in [1.82, 2.24) is 9.97 Å². The summed E-state index contributed by atoms with van der Waals surface area (Å²) in [5.74, 6) is -0.403. The third-order valence-corrected chi connectivity index (χ3v) is 4.11. The second kappa shape index (κ2) is 5.23. The number of carboxylic acids is 1. The van der Waals surface area contributed by atoms with Gasteiger partial charge in [-0.1, -0.05) is 25.7 Å². The molecule has 0 amide bonds. The number of hydrogen-bond acceptors (Lipinski definition) is 2. The van der Waals surface area contributed by atoms with E-state index in [2.05, 4.69) is 9.97 Å². The number of aryl methyl sites for hydroxylation is 1. The fourth-order valence-corrected chi connectivity index (χ4v) is 3.01. The van der Waals surface area contributed by atoms with Gasteiger partial charge >= 0.3 is 5.97 Å². The summed E-state index contributed by atoms with van der Waals surface area (Å²) in [7, 11) is 0. The van der Waals surface area contributed by atoms with Gasteiger partial charge in [-0.25, -0.2) is 14.2 Å². The lowest BCUT2D eigenvalue weighted by Gasteiger charge is -2.05. The largest absolute Gasteiger partial charge is 0.478 e. The first-order valence-corrected chi connectivity index (χ1v) is 7.05. The SMILES string of the molecule is O=C(O)c1cc2nc(CCC3CCCC3)[nH]c2cc1F. The number of nitrogens with one attached hydrogen (secondary N) is 1. The Bertz CT molecular complexity index is 645. The topological polar surface area (TPSA) is 66.0 Å². The van der Waals surface area contributed by atoms with E-state index in [9.17, 15) is 9.18 Å².